The van der Waals surface area contributed by atoms with E-state index in [1.807, 2.05) is 30.3 Å². The van der Waals surface area contributed by atoms with Crippen LogP contribution in [-0.4, -0.2) is 16.7 Å². The summed E-state index contributed by atoms with van der Waals surface area (Å²) in [7, 11) is 0. The molecule has 8 heteroatoms. The largest absolute Gasteiger partial charge is 0.491 e. The van der Waals surface area contributed by atoms with Gasteiger partial charge in [0.05, 0.1) is 6.04 Å². The van der Waals surface area contributed by atoms with Crippen LogP contribution in [0.3, 0.4) is 0 Å². The number of alkyl halides is 3. The zero-order valence-corrected chi connectivity index (χ0v) is 13.5. The lowest BCUT2D eigenvalue weighted by molar-refractivity contribution is -0.159. The van der Waals surface area contributed by atoms with Crippen molar-refractivity contribution < 1.29 is 22.4 Å². The Balaban J connectivity index is 1.57. The van der Waals surface area contributed by atoms with E-state index in [1.54, 1.807) is 18.2 Å². The van der Waals surface area contributed by atoms with Gasteiger partial charge in [-0.05, 0) is 11.6 Å². The van der Waals surface area contributed by atoms with Gasteiger partial charge in [0.1, 0.15) is 12.4 Å². The van der Waals surface area contributed by atoms with Gasteiger partial charge in [-0.25, -0.2) is 0 Å². The molecule has 0 amide bonds. The second-order valence-corrected chi connectivity index (χ2v) is 5.90. The summed E-state index contributed by atoms with van der Waals surface area (Å²) >= 11 is 0. The first-order chi connectivity index (χ1) is 12.5. The Morgan fingerprint density at radius 2 is 1.88 bits per heavy atom. The fraction of sp³-hybridized carbons (Fsp3) is 0.222. The van der Waals surface area contributed by atoms with E-state index in [-0.39, 0.29) is 11.9 Å². The van der Waals surface area contributed by atoms with E-state index >= 15 is 0 Å². The minimum atomic E-state index is -4.67. The normalized spacial score (nSPS) is 17.3. The Kier molecular flexibility index (Phi) is 4.12. The predicted octanol–water partition coefficient (Wildman–Crippen LogP) is 3.98. The van der Waals surface area contributed by atoms with Crippen LogP contribution >= 0.6 is 0 Å². The number of hydrogen-bond acceptors (Lipinski definition) is 5. The summed E-state index contributed by atoms with van der Waals surface area (Å²) in [5, 5.41) is 6.82. The Morgan fingerprint density at radius 3 is 2.62 bits per heavy atom. The van der Waals surface area contributed by atoms with Crippen molar-refractivity contribution in [2.75, 3.05) is 6.61 Å². The van der Waals surface area contributed by atoms with Crippen molar-refractivity contribution in [3.63, 3.8) is 0 Å². The van der Waals surface area contributed by atoms with Gasteiger partial charge in [0.25, 0.3) is 0 Å². The van der Waals surface area contributed by atoms with Crippen molar-refractivity contribution in [1.82, 2.24) is 15.5 Å². The molecule has 0 aliphatic carbocycles. The number of nitrogens with zero attached hydrogens (tertiary/aromatic N) is 2. The van der Waals surface area contributed by atoms with Crippen LogP contribution in [0.25, 0.3) is 11.4 Å². The van der Waals surface area contributed by atoms with Gasteiger partial charge < -0.3 is 14.6 Å². The van der Waals surface area contributed by atoms with Crippen molar-refractivity contribution in [3.05, 3.63) is 65.5 Å². The first-order valence-corrected chi connectivity index (χ1v) is 7.96. The maximum absolute atomic E-state index is 12.6. The van der Waals surface area contributed by atoms with Gasteiger partial charge in [-0.15, -0.1) is 0 Å². The molecule has 2 aromatic carbocycles. The number of ether oxygens (including phenoxy) is 1. The molecule has 1 N–H and O–H groups in total. The Bertz CT molecular complexity index is 910. The zero-order valence-electron chi connectivity index (χ0n) is 13.5. The number of hydrogen-bond donors (Lipinski definition) is 1. The molecule has 0 bridgehead atoms. The molecule has 0 unspecified atom stereocenters. The first-order valence-electron chi connectivity index (χ1n) is 7.96. The summed E-state index contributed by atoms with van der Waals surface area (Å²) < 4.78 is 48.0. The summed E-state index contributed by atoms with van der Waals surface area (Å²) in [5.74, 6) is -0.901. The first kappa shape index (κ1) is 16.6. The van der Waals surface area contributed by atoms with Gasteiger partial charge in [0, 0.05) is 17.7 Å². The van der Waals surface area contributed by atoms with Crippen molar-refractivity contribution in [2.45, 2.75) is 18.8 Å². The lowest BCUT2D eigenvalue weighted by Crippen LogP contribution is -2.23. The number of aromatic nitrogens is 2. The van der Waals surface area contributed by atoms with E-state index in [2.05, 4.69) is 20.0 Å². The molecule has 0 saturated carbocycles. The maximum Gasteiger partial charge on any atom is 0.471 e. The van der Waals surface area contributed by atoms with Crippen molar-refractivity contribution in [1.29, 1.82) is 0 Å². The third-order valence-electron chi connectivity index (χ3n) is 4.14. The fourth-order valence-electron chi connectivity index (χ4n) is 2.79. The number of rotatable bonds is 2. The van der Waals surface area contributed by atoms with E-state index in [4.69, 9.17) is 4.74 Å². The van der Waals surface area contributed by atoms with Gasteiger partial charge in [-0.2, -0.15) is 18.2 Å². The van der Waals surface area contributed by atoms with Gasteiger partial charge >= 0.3 is 12.1 Å². The van der Waals surface area contributed by atoms with Gasteiger partial charge in [-0.3, -0.25) is 0 Å². The molecule has 1 aliphatic rings. The second-order valence-electron chi connectivity index (χ2n) is 5.90. The third kappa shape index (κ3) is 3.28. The molecule has 1 atom stereocenters. The van der Waals surface area contributed by atoms with Gasteiger partial charge in [0.2, 0.25) is 5.82 Å². The van der Waals surface area contributed by atoms with Gasteiger partial charge in [0.15, 0.2) is 0 Å². The topological polar surface area (TPSA) is 60.2 Å². The van der Waals surface area contributed by atoms with E-state index in [9.17, 15) is 13.2 Å². The number of nitrogens with one attached hydrogen (secondary N) is 1. The van der Waals surface area contributed by atoms with Crippen molar-refractivity contribution in [2.24, 2.45) is 0 Å². The smallest absolute Gasteiger partial charge is 0.471 e. The predicted molar refractivity (Wildman–Crippen MR) is 86.3 cm³/mol. The zero-order chi connectivity index (χ0) is 18.1. The van der Waals surface area contributed by atoms with Crippen molar-refractivity contribution >= 4 is 0 Å². The number of halogens is 3. The van der Waals surface area contributed by atoms with Crippen LogP contribution in [0, 0.1) is 0 Å². The molecule has 0 fully saturated rings. The molecule has 5 nitrogen and oxygen atoms in total. The summed E-state index contributed by atoms with van der Waals surface area (Å²) in [6.45, 7) is 0.982. The highest BCUT2D eigenvalue weighted by molar-refractivity contribution is 5.59. The number of benzene rings is 2. The number of fused-ring (bicyclic) bond motifs is 1. The SMILES string of the molecule is FC(F)(F)c1nc(-c2ccc3c(c2)OC[C@H](c2ccccc2)NC3)no1. The average Bonchev–Trinajstić information content (AvgIpc) is 3.04. The molecule has 0 saturated heterocycles. The maximum atomic E-state index is 12.6. The average molecular weight is 361 g/mol. The minimum Gasteiger partial charge on any atom is -0.491 e. The second kappa shape index (κ2) is 6.45. The monoisotopic (exact) mass is 361 g/mol. The molecule has 1 aliphatic heterocycles. The van der Waals surface area contributed by atoms with Crippen LogP contribution in [0.4, 0.5) is 13.2 Å². The molecule has 3 aromatic rings. The molecule has 134 valence electrons. The van der Waals surface area contributed by atoms with Crippen LogP contribution in [-0.2, 0) is 12.7 Å². The highest BCUT2D eigenvalue weighted by Crippen LogP contribution is 2.32. The fourth-order valence-corrected chi connectivity index (χ4v) is 2.79. The summed E-state index contributed by atoms with van der Waals surface area (Å²) in [6, 6.07) is 15.0. The molecule has 4 rings (SSSR count). The standard InChI is InChI=1S/C18H14F3N3O2/c19-18(20,21)17-23-16(24-26-17)12-6-7-13-9-22-14(10-25-15(13)8-12)11-4-2-1-3-5-11/h1-8,14,22H,9-10H2/t14-/m1/s1. The van der Waals surface area contributed by atoms with E-state index in [0.29, 0.717) is 24.5 Å². The molecular formula is C18H14F3N3O2. The Morgan fingerprint density at radius 1 is 1.08 bits per heavy atom. The Hall–Kier alpha value is -2.87. The minimum absolute atomic E-state index is 0.0223. The molecule has 0 radical (unpaired) electrons. The van der Waals surface area contributed by atoms with Crippen LogP contribution in [0.5, 0.6) is 5.75 Å². The van der Waals surface area contributed by atoms with E-state index in [1.165, 1.54) is 0 Å². The van der Waals surface area contributed by atoms with E-state index in [0.717, 1.165) is 11.1 Å². The molecular weight excluding hydrogens is 347 g/mol. The quantitative estimate of drug-likeness (QED) is 0.748. The molecule has 2 heterocycles. The van der Waals surface area contributed by atoms with Crippen LogP contribution in [0.15, 0.2) is 53.1 Å². The van der Waals surface area contributed by atoms with Crippen LogP contribution in [0.2, 0.25) is 0 Å². The molecule has 26 heavy (non-hydrogen) atoms. The van der Waals surface area contributed by atoms with Crippen LogP contribution < -0.4 is 10.1 Å². The van der Waals surface area contributed by atoms with E-state index < -0.39 is 12.1 Å². The van der Waals surface area contributed by atoms with Crippen LogP contribution in [0.1, 0.15) is 23.1 Å². The summed E-state index contributed by atoms with van der Waals surface area (Å²) in [5.41, 5.74) is 2.42. The van der Waals surface area contributed by atoms with Crippen molar-refractivity contribution in [3.8, 4) is 17.1 Å². The highest BCUT2D eigenvalue weighted by Gasteiger charge is 2.38. The van der Waals surface area contributed by atoms with Gasteiger partial charge in [-0.1, -0.05) is 47.6 Å². The molecule has 1 aromatic heterocycles. The Labute approximate surface area is 146 Å². The lowest BCUT2D eigenvalue weighted by atomic mass is 10.1. The lowest BCUT2D eigenvalue weighted by Gasteiger charge is -2.15. The summed E-state index contributed by atoms with van der Waals surface area (Å²) in [6.07, 6.45) is -4.67. The summed E-state index contributed by atoms with van der Waals surface area (Å²) in [4.78, 5) is 3.41. The third-order valence-corrected chi connectivity index (χ3v) is 4.14. The molecule has 0 spiro atoms. The highest BCUT2D eigenvalue weighted by atomic mass is 19.4.